The van der Waals surface area contributed by atoms with Crippen LogP contribution in [0.5, 0.6) is 0 Å². The first-order valence-electron chi connectivity index (χ1n) is 18.5. The van der Waals surface area contributed by atoms with Crippen LogP contribution in [-0.2, 0) is 0 Å². The van der Waals surface area contributed by atoms with E-state index in [2.05, 4.69) is 164 Å². The second kappa shape index (κ2) is 12.6. The van der Waals surface area contributed by atoms with Crippen molar-refractivity contribution in [3.8, 4) is 56.4 Å². The van der Waals surface area contributed by atoms with Crippen LogP contribution < -0.4 is 0 Å². The highest BCUT2D eigenvalue weighted by Crippen LogP contribution is 2.43. The van der Waals surface area contributed by atoms with Crippen molar-refractivity contribution < 1.29 is 4.42 Å². The third-order valence-corrected chi connectivity index (χ3v) is 10.7. The number of hydrogen-bond donors (Lipinski definition) is 0. The standard InChI is InChI=1S/C51H31N3O/c1-2-14-33(15-3-1)40-29-27-34-16-6-8-19-38(34)46(40)50-52-49(44-23-12-22-43-42-21-10-11-24-45(42)55-48(43)44)53-51(54-50)47-39-20-9-7-17-35(39)28-30-41(47)37-26-25-32-13-4-5-18-36(32)31-37/h1-31H. The van der Waals surface area contributed by atoms with Gasteiger partial charge >= 0.3 is 0 Å². The monoisotopic (exact) mass is 701 g/mol. The molecule has 4 nitrogen and oxygen atoms in total. The zero-order chi connectivity index (χ0) is 36.3. The van der Waals surface area contributed by atoms with Gasteiger partial charge in [0.25, 0.3) is 0 Å². The minimum absolute atomic E-state index is 0.550. The van der Waals surface area contributed by atoms with Gasteiger partial charge in [0.2, 0.25) is 0 Å². The molecule has 11 aromatic rings. The summed E-state index contributed by atoms with van der Waals surface area (Å²) in [5.74, 6) is 1.75. The Hall–Kier alpha value is -7.43. The number of fused-ring (bicyclic) bond motifs is 6. The van der Waals surface area contributed by atoms with Gasteiger partial charge in [0.05, 0.1) is 5.56 Å². The highest BCUT2D eigenvalue weighted by molar-refractivity contribution is 6.10. The van der Waals surface area contributed by atoms with Crippen LogP contribution >= 0.6 is 0 Å². The first-order valence-corrected chi connectivity index (χ1v) is 18.5. The van der Waals surface area contributed by atoms with Crippen LogP contribution in [0.1, 0.15) is 0 Å². The van der Waals surface area contributed by atoms with Crippen molar-refractivity contribution in [2.24, 2.45) is 0 Å². The summed E-state index contributed by atoms with van der Waals surface area (Å²) in [5, 5.41) is 8.82. The van der Waals surface area contributed by atoms with E-state index in [1.54, 1.807) is 0 Å². The molecule has 0 radical (unpaired) electrons. The van der Waals surface area contributed by atoms with E-state index < -0.39 is 0 Å². The van der Waals surface area contributed by atoms with E-state index in [-0.39, 0.29) is 0 Å². The lowest BCUT2D eigenvalue weighted by Crippen LogP contribution is -2.03. The van der Waals surface area contributed by atoms with Crippen LogP contribution in [-0.4, -0.2) is 15.0 Å². The summed E-state index contributed by atoms with van der Waals surface area (Å²) in [4.78, 5) is 16.3. The lowest BCUT2D eigenvalue weighted by atomic mass is 9.92. The van der Waals surface area contributed by atoms with Gasteiger partial charge in [-0.1, -0.05) is 170 Å². The highest BCUT2D eigenvalue weighted by atomic mass is 16.3. The molecule has 0 amide bonds. The summed E-state index contributed by atoms with van der Waals surface area (Å²) < 4.78 is 6.60. The van der Waals surface area contributed by atoms with E-state index in [0.717, 1.165) is 82.4 Å². The van der Waals surface area contributed by atoms with E-state index in [4.69, 9.17) is 19.4 Å². The maximum Gasteiger partial charge on any atom is 0.167 e. The van der Waals surface area contributed by atoms with Crippen molar-refractivity contribution in [1.29, 1.82) is 0 Å². The van der Waals surface area contributed by atoms with Crippen molar-refractivity contribution in [2.75, 3.05) is 0 Å². The number of nitrogens with zero attached hydrogens (tertiary/aromatic N) is 3. The molecular formula is C51H31N3O. The summed E-state index contributed by atoms with van der Waals surface area (Å²) >= 11 is 0. The average molecular weight is 702 g/mol. The molecule has 0 spiro atoms. The number of furan rings is 1. The molecule has 0 saturated heterocycles. The predicted molar refractivity (Wildman–Crippen MR) is 227 cm³/mol. The Morgan fingerprint density at radius 2 is 0.836 bits per heavy atom. The molecule has 0 unspecified atom stereocenters. The fourth-order valence-corrected chi connectivity index (χ4v) is 8.12. The fraction of sp³-hybridized carbons (Fsp3) is 0. The molecule has 0 bridgehead atoms. The number of para-hydroxylation sites is 2. The van der Waals surface area contributed by atoms with E-state index >= 15 is 0 Å². The van der Waals surface area contributed by atoms with Gasteiger partial charge in [-0.3, -0.25) is 0 Å². The summed E-state index contributed by atoms with van der Waals surface area (Å²) in [6.45, 7) is 0. The lowest BCUT2D eigenvalue weighted by molar-refractivity contribution is 0.669. The van der Waals surface area contributed by atoms with E-state index in [9.17, 15) is 0 Å². The Bertz CT molecular complexity index is 3270. The second-order valence-electron chi connectivity index (χ2n) is 13.9. The minimum atomic E-state index is 0.550. The molecular weight excluding hydrogens is 671 g/mol. The molecule has 0 aliphatic heterocycles. The number of hydrogen-bond acceptors (Lipinski definition) is 4. The van der Waals surface area contributed by atoms with E-state index in [0.29, 0.717) is 17.5 Å². The van der Waals surface area contributed by atoms with Crippen LogP contribution in [0.3, 0.4) is 0 Å². The van der Waals surface area contributed by atoms with Crippen molar-refractivity contribution in [1.82, 2.24) is 15.0 Å². The molecule has 0 atom stereocenters. The van der Waals surface area contributed by atoms with Crippen molar-refractivity contribution >= 4 is 54.3 Å². The largest absolute Gasteiger partial charge is 0.455 e. The predicted octanol–water partition coefficient (Wildman–Crippen LogP) is 13.6. The number of benzene rings is 9. The van der Waals surface area contributed by atoms with Crippen LogP contribution in [0, 0.1) is 0 Å². The number of aromatic nitrogens is 3. The zero-order valence-corrected chi connectivity index (χ0v) is 29.6. The maximum atomic E-state index is 6.60. The summed E-state index contributed by atoms with van der Waals surface area (Å²) in [5.41, 5.74) is 8.59. The molecule has 2 heterocycles. The molecule has 0 aliphatic rings. The topological polar surface area (TPSA) is 51.8 Å². The van der Waals surface area contributed by atoms with Gasteiger partial charge in [-0.25, -0.2) is 15.0 Å². The smallest absolute Gasteiger partial charge is 0.167 e. The molecule has 9 aromatic carbocycles. The molecule has 0 saturated carbocycles. The van der Waals surface area contributed by atoms with Crippen molar-refractivity contribution in [3.05, 3.63) is 188 Å². The molecule has 55 heavy (non-hydrogen) atoms. The average Bonchev–Trinajstić information content (AvgIpc) is 3.64. The van der Waals surface area contributed by atoms with Crippen LogP contribution in [0.2, 0.25) is 0 Å². The Morgan fingerprint density at radius 1 is 0.309 bits per heavy atom. The highest BCUT2D eigenvalue weighted by Gasteiger charge is 2.23. The van der Waals surface area contributed by atoms with E-state index in [1.165, 1.54) is 10.8 Å². The molecule has 2 aromatic heterocycles. The molecule has 256 valence electrons. The second-order valence-corrected chi connectivity index (χ2v) is 13.9. The Labute approximate surface area is 317 Å². The Kier molecular flexibility index (Phi) is 7.14. The maximum absolute atomic E-state index is 6.60. The molecule has 0 fully saturated rings. The normalized spacial score (nSPS) is 11.6. The van der Waals surface area contributed by atoms with Crippen LogP contribution in [0.4, 0.5) is 0 Å². The third-order valence-electron chi connectivity index (χ3n) is 10.7. The van der Waals surface area contributed by atoms with Gasteiger partial charge in [0, 0.05) is 21.9 Å². The van der Waals surface area contributed by atoms with Gasteiger partial charge in [0.15, 0.2) is 17.5 Å². The van der Waals surface area contributed by atoms with Crippen molar-refractivity contribution in [2.45, 2.75) is 0 Å². The van der Waals surface area contributed by atoms with Gasteiger partial charge < -0.3 is 4.42 Å². The molecule has 11 rings (SSSR count). The SMILES string of the molecule is c1ccc(-c2ccc3ccccc3c2-c2nc(-c3c(-c4ccc5ccccc5c4)ccc4ccccc34)nc(-c3cccc4c3oc3ccccc34)n2)cc1. The third kappa shape index (κ3) is 5.19. The van der Waals surface area contributed by atoms with E-state index in [1.807, 2.05) is 24.3 Å². The lowest BCUT2D eigenvalue weighted by Gasteiger charge is -2.17. The number of rotatable bonds is 5. The molecule has 0 N–H and O–H groups in total. The van der Waals surface area contributed by atoms with Crippen LogP contribution in [0.15, 0.2) is 192 Å². The minimum Gasteiger partial charge on any atom is -0.455 e. The first kappa shape index (κ1) is 31.1. The summed E-state index contributed by atoms with van der Waals surface area (Å²) in [6, 6.07) is 65.8. The zero-order valence-electron chi connectivity index (χ0n) is 29.6. The van der Waals surface area contributed by atoms with Crippen LogP contribution in [0.25, 0.3) is 111 Å². The summed E-state index contributed by atoms with van der Waals surface area (Å²) in [7, 11) is 0. The van der Waals surface area contributed by atoms with Gasteiger partial charge in [-0.15, -0.1) is 0 Å². The molecule has 4 heteroatoms. The Balaban J connectivity index is 1.27. The molecule has 0 aliphatic carbocycles. The van der Waals surface area contributed by atoms with Crippen molar-refractivity contribution in [3.63, 3.8) is 0 Å². The van der Waals surface area contributed by atoms with Gasteiger partial charge in [-0.2, -0.15) is 0 Å². The first-order chi connectivity index (χ1) is 27.3. The Morgan fingerprint density at radius 3 is 1.55 bits per heavy atom. The van der Waals surface area contributed by atoms with Gasteiger partial charge in [0.1, 0.15) is 11.2 Å². The summed E-state index contributed by atoms with van der Waals surface area (Å²) in [6.07, 6.45) is 0. The fourth-order valence-electron chi connectivity index (χ4n) is 8.12. The quantitative estimate of drug-likeness (QED) is 0.179. The van der Waals surface area contributed by atoms with Gasteiger partial charge in [-0.05, 0) is 72.8 Å².